The maximum Gasteiger partial charge on any atom is 0.159 e. The highest BCUT2D eigenvalue weighted by atomic mass is 35.5. The molecule has 0 radical (unpaired) electrons. The summed E-state index contributed by atoms with van der Waals surface area (Å²) >= 11 is 12.9. The fourth-order valence-corrected chi connectivity index (χ4v) is 3.88. The van der Waals surface area contributed by atoms with Crippen molar-refractivity contribution in [2.75, 3.05) is 13.1 Å². The maximum absolute atomic E-state index is 6.48. The third kappa shape index (κ3) is 3.46. The Hall–Kier alpha value is -2.21. The number of rotatable bonds is 5. The van der Waals surface area contributed by atoms with Crippen LogP contribution in [-0.4, -0.2) is 38.5 Å². The Labute approximate surface area is 174 Å². The van der Waals surface area contributed by atoms with E-state index in [0.717, 1.165) is 47.3 Å². The van der Waals surface area contributed by atoms with Crippen LogP contribution >= 0.6 is 23.2 Å². The van der Waals surface area contributed by atoms with Crippen molar-refractivity contribution < 1.29 is 0 Å². The number of aliphatic imine (C=N–C) groups is 1. The summed E-state index contributed by atoms with van der Waals surface area (Å²) in [6.45, 7) is 7.33. The molecule has 0 saturated heterocycles. The van der Waals surface area contributed by atoms with E-state index in [4.69, 9.17) is 28.2 Å². The summed E-state index contributed by atoms with van der Waals surface area (Å²) in [5, 5.41) is 10.2. The third-order valence-corrected chi connectivity index (χ3v) is 5.58. The number of hydrogen-bond donors (Lipinski definition) is 0. The van der Waals surface area contributed by atoms with Gasteiger partial charge >= 0.3 is 0 Å². The highest BCUT2D eigenvalue weighted by Crippen LogP contribution is 2.30. The van der Waals surface area contributed by atoms with E-state index in [9.17, 15) is 0 Å². The fourth-order valence-electron chi connectivity index (χ4n) is 3.49. The molecular formula is C21H21Cl2N5. The van der Waals surface area contributed by atoms with Crippen LogP contribution in [0, 0.1) is 0 Å². The van der Waals surface area contributed by atoms with Gasteiger partial charge in [-0.15, -0.1) is 10.2 Å². The van der Waals surface area contributed by atoms with E-state index >= 15 is 0 Å². The molecule has 0 N–H and O–H groups in total. The number of hydrogen-bond acceptors (Lipinski definition) is 4. The second-order valence-corrected chi connectivity index (χ2v) is 7.48. The van der Waals surface area contributed by atoms with Crippen molar-refractivity contribution in [3.05, 3.63) is 75.3 Å². The first-order chi connectivity index (χ1) is 13.6. The lowest BCUT2D eigenvalue weighted by Gasteiger charge is -2.19. The van der Waals surface area contributed by atoms with E-state index in [2.05, 4.69) is 33.5 Å². The largest absolute Gasteiger partial charge is 0.296 e. The lowest BCUT2D eigenvalue weighted by atomic mass is 10.0. The van der Waals surface area contributed by atoms with Crippen molar-refractivity contribution in [3.8, 4) is 5.69 Å². The number of aromatic nitrogens is 3. The van der Waals surface area contributed by atoms with Crippen molar-refractivity contribution in [3.63, 3.8) is 0 Å². The summed E-state index contributed by atoms with van der Waals surface area (Å²) in [5.74, 6) is 1.69. The molecule has 28 heavy (non-hydrogen) atoms. The molecule has 0 fully saturated rings. The molecule has 5 nitrogen and oxygen atoms in total. The van der Waals surface area contributed by atoms with Gasteiger partial charge in [-0.2, -0.15) is 0 Å². The van der Waals surface area contributed by atoms with Crippen molar-refractivity contribution in [2.45, 2.75) is 26.9 Å². The summed E-state index contributed by atoms with van der Waals surface area (Å²) in [4.78, 5) is 7.16. The Morgan fingerprint density at radius 2 is 1.79 bits per heavy atom. The molecule has 2 heterocycles. The quantitative estimate of drug-likeness (QED) is 0.605. The van der Waals surface area contributed by atoms with Gasteiger partial charge in [0.25, 0.3) is 0 Å². The van der Waals surface area contributed by atoms with Crippen LogP contribution in [-0.2, 0) is 13.1 Å². The van der Waals surface area contributed by atoms with E-state index < -0.39 is 0 Å². The predicted molar refractivity (Wildman–Crippen MR) is 114 cm³/mol. The topological polar surface area (TPSA) is 46.3 Å². The monoisotopic (exact) mass is 413 g/mol. The van der Waals surface area contributed by atoms with Gasteiger partial charge < -0.3 is 0 Å². The molecule has 0 spiro atoms. The first-order valence-electron chi connectivity index (χ1n) is 9.37. The van der Waals surface area contributed by atoms with E-state index in [1.807, 2.05) is 42.5 Å². The highest BCUT2D eigenvalue weighted by molar-refractivity contribution is 6.36. The molecule has 0 amide bonds. The van der Waals surface area contributed by atoms with Crippen molar-refractivity contribution in [1.29, 1.82) is 0 Å². The second kappa shape index (κ2) is 8.03. The molecule has 0 saturated carbocycles. The van der Waals surface area contributed by atoms with Crippen LogP contribution in [0.1, 0.15) is 36.6 Å². The van der Waals surface area contributed by atoms with Gasteiger partial charge in [0.05, 0.1) is 17.9 Å². The van der Waals surface area contributed by atoms with Crippen molar-refractivity contribution in [1.82, 2.24) is 19.7 Å². The molecule has 2 aromatic carbocycles. The zero-order valence-corrected chi connectivity index (χ0v) is 17.4. The number of nitrogens with zero attached hydrogens (tertiary/aromatic N) is 5. The van der Waals surface area contributed by atoms with Gasteiger partial charge in [-0.1, -0.05) is 55.2 Å². The normalized spacial score (nSPS) is 13.1. The van der Waals surface area contributed by atoms with Gasteiger partial charge in [0.15, 0.2) is 11.6 Å². The van der Waals surface area contributed by atoms with E-state index in [-0.39, 0.29) is 0 Å². The molecule has 3 aromatic rings. The van der Waals surface area contributed by atoms with Gasteiger partial charge in [-0.3, -0.25) is 14.5 Å². The summed E-state index contributed by atoms with van der Waals surface area (Å²) in [6, 6.07) is 13.6. The second-order valence-electron chi connectivity index (χ2n) is 6.64. The molecular weight excluding hydrogens is 393 g/mol. The summed E-state index contributed by atoms with van der Waals surface area (Å²) in [6.07, 6.45) is 0. The standard InChI is InChI=1S/C21H21Cl2N5/c1-3-27(4-2)13-20-26-25-19-12-24-21(15-7-5-6-8-17(15)23)16-10-9-14(22)11-18(16)28(19)20/h5-11H,3-4,12-13H2,1-2H3. The van der Waals surface area contributed by atoms with Gasteiger partial charge in [-0.05, 0) is 37.4 Å². The Kier molecular flexibility index (Phi) is 5.49. The minimum atomic E-state index is 0.429. The number of benzene rings is 2. The van der Waals surface area contributed by atoms with Crippen LogP contribution < -0.4 is 0 Å². The van der Waals surface area contributed by atoms with Crippen LogP contribution in [0.3, 0.4) is 0 Å². The number of halogens is 2. The molecule has 0 atom stereocenters. The Balaban J connectivity index is 1.89. The Morgan fingerprint density at radius 3 is 2.54 bits per heavy atom. The van der Waals surface area contributed by atoms with Gasteiger partial charge in [0.1, 0.15) is 6.54 Å². The summed E-state index contributed by atoms with van der Waals surface area (Å²) < 4.78 is 2.09. The zero-order valence-electron chi connectivity index (χ0n) is 15.9. The lowest BCUT2D eigenvalue weighted by Crippen LogP contribution is -2.24. The molecule has 7 heteroatoms. The van der Waals surface area contributed by atoms with Gasteiger partial charge in [0.2, 0.25) is 0 Å². The minimum absolute atomic E-state index is 0.429. The van der Waals surface area contributed by atoms with Crippen LogP contribution in [0.2, 0.25) is 10.0 Å². The molecule has 1 aliphatic rings. The average molecular weight is 414 g/mol. The first kappa shape index (κ1) is 19.1. The maximum atomic E-state index is 6.48. The van der Waals surface area contributed by atoms with Gasteiger partial charge in [0, 0.05) is 21.2 Å². The predicted octanol–water partition coefficient (Wildman–Crippen LogP) is 4.77. The Bertz CT molecular complexity index is 1040. The highest BCUT2D eigenvalue weighted by Gasteiger charge is 2.24. The minimum Gasteiger partial charge on any atom is -0.296 e. The van der Waals surface area contributed by atoms with Crippen LogP contribution in [0.15, 0.2) is 47.5 Å². The van der Waals surface area contributed by atoms with Crippen LogP contribution in [0.4, 0.5) is 0 Å². The molecule has 144 valence electrons. The summed E-state index contributed by atoms with van der Waals surface area (Å²) in [7, 11) is 0. The van der Waals surface area contributed by atoms with Crippen LogP contribution in [0.5, 0.6) is 0 Å². The molecule has 1 aliphatic heterocycles. The molecule has 4 rings (SSSR count). The summed E-state index contributed by atoms with van der Waals surface area (Å²) in [5.41, 5.74) is 3.65. The van der Waals surface area contributed by atoms with Gasteiger partial charge in [-0.25, -0.2) is 0 Å². The first-order valence-corrected chi connectivity index (χ1v) is 10.1. The van der Waals surface area contributed by atoms with E-state index in [1.54, 1.807) is 0 Å². The Morgan fingerprint density at radius 1 is 1.00 bits per heavy atom. The van der Waals surface area contributed by atoms with Crippen LogP contribution in [0.25, 0.3) is 5.69 Å². The van der Waals surface area contributed by atoms with E-state index in [0.29, 0.717) is 23.1 Å². The zero-order chi connectivity index (χ0) is 19.7. The third-order valence-electron chi connectivity index (χ3n) is 5.02. The lowest BCUT2D eigenvalue weighted by molar-refractivity contribution is 0.286. The SMILES string of the molecule is CCN(CC)Cc1nnc2n1-c1cc(Cl)ccc1C(c1ccccc1Cl)=NC2. The van der Waals surface area contributed by atoms with Crippen molar-refractivity contribution >= 4 is 28.9 Å². The fraction of sp³-hybridized carbons (Fsp3) is 0.286. The average Bonchev–Trinajstić information content (AvgIpc) is 3.03. The van der Waals surface area contributed by atoms with E-state index in [1.165, 1.54) is 0 Å². The molecule has 0 aliphatic carbocycles. The number of fused-ring (bicyclic) bond motifs is 3. The molecule has 0 unspecified atom stereocenters. The molecule has 1 aromatic heterocycles. The smallest absolute Gasteiger partial charge is 0.159 e. The molecule has 0 bridgehead atoms. The van der Waals surface area contributed by atoms with Crippen molar-refractivity contribution in [2.24, 2.45) is 4.99 Å².